The SMILES string of the molecule is CCOC(=O)C1=C(C)N=c2sc(=Cc3ccc(OC)c(COc4c(F)c(F)cc(F)c4F)c3)c(=O)n2[C@H]1c1ccc(Cl)cc1. The lowest BCUT2D eigenvalue weighted by atomic mass is 9.96. The molecule has 1 atom stereocenters. The topological polar surface area (TPSA) is 79.1 Å². The molecule has 0 spiro atoms. The van der Waals surface area contributed by atoms with Crippen LogP contribution in [0.1, 0.15) is 36.6 Å². The van der Waals surface area contributed by atoms with Gasteiger partial charge < -0.3 is 14.2 Å². The highest BCUT2D eigenvalue weighted by Crippen LogP contribution is 2.32. The number of fused-ring (bicyclic) bond motifs is 1. The molecule has 1 aromatic heterocycles. The lowest BCUT2D eigenvalue weighted by molar-refractivity contribution is -0.139. The number of allylic oxidation sites excluding steroid dienone is 1. The second-order valence-electron chi connectivity index (χ2n) is 9.51. The van der Waals surface area contributed by atoms with Crippen LogP contribution in [0, 0.1) is 23.3 Å². The number of benzene rings is 3. The van der Waals surface area contributed by atoms with Crippen molar-refractivity contribution in [1.29, 1.82) is 0 Å². The maximum absolute atomic E-state index is 14.1. The van der Waals surface area contributed by atoms with Crippen LogP contribution in [-0.2, 0) is 16.1 Å². The summed E-state index contributed by atoms with van der Waals surface area (Å²) >= 11 is 7.19. The average Bonchev–Trinajstić information content (AvgIpc) is 3.29. The fourth-order valence-electron chi connectivity index (χ4n) is 4.73. The number of rotatable bonds is 8. The van der Waals surface area contributed by atoms with Crippen LogP contribution in [0.5, 0.6) is 11.5 Å². The molecule has 0 saturated heterocycles. The number of ether oxygens (including phenoxy) is 3. The van der Waals surface area contributed by atoms with Gasteiger partial charge in [0.05, 0.1) is 35.6 Å². The molecule has 0 bridgehead atoms. The van der Waals surface area contributed by atoms with E-state index in [-0.39, 0.29) is 34.1 Å². The molecule has 0 saturated carbocycles. The smallest absolute Gasteiger partial charge is 0.338 e. The number of hydrogen-bond acceptors (Lipinski definition) is 7. The number of hydrogen-bond donors (Lipinski definition) is 0. The van der Waals surface area contributed by atoms with Gasteiger partial charge in [-0.2, -0.15) is 8.78 Å². The Kier molecular flexibility index (Phi) is 8.93. The number of aromatic nitrogens is 1. The molecule has 1 aliphatic rings. The summed E-state index contributed by atoms with van der Waals surface area (Å²) in [6.07, 6.45) is 1.57. The average molecular weight is 647 g/mol. The molecule has 2 heterocycles. The van der Waals surface area contributed by atoms with Crippen LogP contribution in [0.4, 0.5) is 17.6 Å². The van der Waals surface area contributed by atoms with E-state index in [4.69, 9.17) is 25.8 Å². The Morgan fingerprint density at radius 1 is 1.07 bits per heavy atom. The van der Waals surface area contributed by atoms with Crippen molar-refractivity contribution in [1.82, 2.24) is 4.57 Å². The number of halogens is 5. The summed E-state index contributed by atoms with van der Waals surface area (Å²) < 4.78 is 73.0. The lowest BCUT2D eigenvalue weighted by Gasteiger charge is -2.24. The van der Waals surface area contributed by atoms with Gasteiger partial charge in [0.15, 0.2) is 22.2 Å². The van der Waals surface area contributed by atoms with Crippen molar-refractivity contribution < 1.29 is 36.6 Å². The molecule has 0 unspecified atom stereocenters. The number of carbonyl (C=O) groups is 1. The van der Waals surface area contributed by atoms with Gasteiger partial charge in [0.2, 0.25) is 11.6 Å². The van der Waals surface area contributed by atoms with Crippen molar-refractivity contribution in [2.75, 3.05) is 13.7 Å². The summed E-state index contributed by atoms with van der Waals surface area (Å²) in [5.74, 6) is -8.10. The summed E-state index contributed by atoms with van der Waals surface area (Å²) in [5, 5.41) is 0.479. The van der Waals surface area contributed by atoms with Crippen molar-refractivity contribution in [2.45, 2.75) is 26.5 Å². The van der Waals surface area contributed by atoms with Crippen LogP contribution in [0.15, 0.2) is 69.6 Å². The van der Waals surface area contributed by atoms with E-state index in [0.717, 1.165) is 11.3 Å². The van der Waals surface area contributed by atoms with Gasteiger partial charge in [-0.25, -0.2) is 18.6 Å². The molecule has 4 aromatic rings. The quantitative estimate of drug-likeness (QED) is 0.142. The third kappa shape index (κ3) is 5.87. The van der Waals surface area contributed by atoms with Crippen molar-refractivity contribution in [3.63, 3.8) is 0 Å². The maximum Gasteiger partial charge on any atom is 0.338 e. The first-order valence-electron chi connectivity index (χ1n) is 13.1. The van der Waals surface area contributed by atoms with Gasteiger partial charge in [0.25, 0.3) is 5.56 Å². The van der Waals surface area contributed by atoms with Crippen LogP contribution < -0.4 is 24.4 Å². The minimum atomic E-state index is -1.67. The van der Waals surface area contributed by atoms with Crippen molar-refractivity contribution in [3.05, 3.63) is 124 Å². The van der Waals surface area contributed by atoms with Crippen molar-refractivity contribution in [3.8, 4) is 11.5 Å². The van der Waals surface area contributed by atoms with Crippen molar-refractivity contribution in [2.24, 2.45) is 4.99 Å². The zero-order chi connectivity index (χ0) is 31.7. The number of methoxy groups -OCH3 is 1. The van der Waals surface area contributed by atoms with Crippen LogP contribution in [0.25, 0.3) is 6.08 Å². The van der Waals surface area contributed by atoms with Crippen LogP contribution in [-0.4, -0.2) is 24.3 Å². The predicted octanol–water partition coefficient (Wildman–Crippen LogP) is 5.60. The van der Waals surface area contributed by atoms with Crippen LogP contribution in [0.3, 0.4) is 0 Å². The molecule has 1 aliphatic heterocycles. The van der Waals surface area contributed by atoms with Gasteiger partial charge >= 0.3 is 5.97 Å². The number of nitrogens with zero attached hydrogens (tertiary/aromatic N) is 2. The monoisotopic (exact) mass is 646 g/mol. The minimum Gasteiger partial charge on any atom is -0.496 e. The predicted molar refractivity (Wildman–Crippen MR) is 155 cm³/mol. The van der Waals surface area contributed by atoms with Gasteiger partial charge in [-0.15, -0.1) is 0 Å². The second kappa shape index (κ2) is 12.7. The first-order chi connectivity index (χ1) is 21.0. The van der Waals surface area contributed by atoms with Gasteiger partial charge in [-0.05, 0) is 55.3 Å². The summed E-state index contributed by atoms with van der Waals surface area (Å²) in [6.45, 7) is 2.96. The molecule has 3 aromatic carbocycles. The summed E-state index contributed by atoms with van der Waals surface area (Å²) in [7, 11) is 1.36. The maximum atomic E-state index is 14.1. The first-order valence-corrected chi connectivity index (χ1v) is 14.3. The van der Waals surface area contributed by atoms with Gasteiger partial charge in [-0.1, -0.05) is 41.1 Å². The van der Waals surface area contributed by atoms with E-state index >= 15 is 0 Å². The molecule has 0 aliphatic carbocycles. The normalized spacial score (nSPS) is 14.7. The zero-order valence-corrected chi connectivity index (χ0v) is 25.0. The highest BCUT2D eigenvalue weighted by atomic mass is 35.5. The van der Waals surface area contributed by atoms with Crippen LogP contribution in [0.2, 0.25) is 5.02 Å². The van der Waals surface area contributed by atoms with E-state index in [1.807, 2.05) is 0 Å². The molecule has 13 heteroatoms. The van der Waals surface area contributed by atoms with E-state index in [1.165, 1.54) is 17.7 Å². The van der Waals surface area contributed by atoms with Crippen molar-refractivity contribution >= 4 is 35.0 Å². The Morgan fingerprint density at radius 2 is 1.75 bits per heavy atom. The molecular weight excluding hydrogens is 624 g/mol. The first kappa shape index (κ1) is 31.0. The fraction of sp³-hybridized carbons (Fsp3) is 0.194. The molecule has 228 valence electrons. The van der Waals surface area contributed by atoms with E-state index < -0.39 is 53.2 Å². The second-order valence-corrected chi connectivity index (χ2v) is 11.0. The Labute approximate surface area is 256 Å². The number of thiazole rings is 1. The van der Waals surface area contributed by atoms with Gasteiger partial charge in [-0.3, -0.25) is 9.36 Å². The third-order valence-corrected chi connectivity index (χ3v) is 7.98. The zero-order valence-electron chi connectivity index (χ0n) is 23.4. The molecule has 0 fully saturated rings. The third-order valence-electron chi connectivity index (χ3n) is 6.75. The van der Waals surface area contributed by atoms with Gasteiger partial charge in [0.1, 0.15) is 12.4 Å². The molecule has 5 rings (SSSR count). The van der Waals surface area contributed by atoms with E-state index in [9.17, 15) is 27.2 Å². The van der Waals surface area contributed by atoms with E-state index in [1.54, 1.807) is 56.3 Å². The Bertz CT molecular complexity index is 1960. The van der Waals surface area contributed by atoms with E-state index in [2.05, 4.69) is 4.99 Å². The summed E-state index contributed by atoms with van der Waals surface area (Å²) in [4.78, 5) is 31.7. The molecular formula is C31H23ClF4N2O5S. The Balaban J connectivity index is 1.58. The highest BCUT2D eigenvalue weighted by Gasteiger charge is 2.33. The van der Waals surface area contributed by atoms with E-state index in [0.29, 0.717) is 26.6 Å². The lowest BCUT2D eigenvalue weighted by Crippen LogP contribution is -2.39. The largest absolute Gasteiger partial charge is 0.496 e. The van der Waals surface area contributed by atoms with Gasteiger partial charge in [0, 0.05) is 16.7 Å². The Hall–Kier alpha value is -4.42. The summed E-state index contributed by atoms with van der Waals surface area (Å²) in [5.41, 5.74) is 1.55. The van der Waals surface area contributed by atoms with Crippen LogP contribution >= 0.6 is 22.9 Å². The molecule has 0 N–H and O–H groups in total. The standard InChI is InChI=1S/C31H23ClF4N2O5S/c1-4-42-30(40)24-15(2)37-31-38(27(24)17-6-8-19(32)9-7-17)29(39)23(44-31)12-16-5-10-22(41-3)18(11-16)14-43-28-25(35)20(33)13-21(34)26(28)36/h5-13,27H,4,14H2,1-3H3/t27-/m0/s1. The Morgan fingerprint density at radius 3 is 2.39 bits per heavy atom. The molecule has 44 heavy (non-hydrogen) atoms. The molecule has 7 nitrogen and oxygen atoms in total. The molecule has 0 radical (unpaired) electrons. The molecule has 0 amide bonds. The highest BCUT2D eigenvalue weighted by molar-refractivity contribution is 7.07. The number of esters is 1. The summed E-state index contributed by atoms with van der Waals surface area (Å²) in [6, 6.07) is 10.7. The fourth-order valence-corrected chi connectivity index (χ4v) is 5.90. The minimum absolute atomic E-state index is 0.0866. The number of carbonyl (C=O) groups excluding carboxylic acids is 1.